The Labute approximate surface area is 175 Å². The summed E-state index contributed by atoms with van der Waals surface area (Å²) in [6, 6.07) is 8.46. The Bertz CT molecular complexity index is 949. The van der Waals surface area contributed by atoms with Crippen LogP contribution in [0.3, 0.4) is 0 Å². The summed E-state index contributed by atoms with van der Waals surface area (Å²) >= 11 is 11.8. The fourth-order valence-electron chi connectivity index (χ4n) is 2.92. The van der Waals surface area contributed by atoms with E-state index in [1.54, 1.807) is 38.2 Å². The number of halogens is 5. The van der Waals surface area contributed by atoms with Crippen molar-refractivity contribution in [3.8, 4) is 5.75 Å². The minimum atomic E-state index is -4.86. The Kier molecular flexibility index (Phi) is 5.95. The van der Waals surface area contributed by atoms with Gasteiger partial charge in [0.1, 0.15) is 5.75 Å². The van der Waals surface area contributed by atoms with Crippen LogP contribution < -0.4 is 9.64 Å². The van der Waals surface area contributed by atoms with Crippen LogP contribution in [0.2, 0.25) is 10.0 Å². The first kappa shape index (κ1) is 21.3. The van der Waals surface area contributed by atoms with Gasteiger partial charge in [0.25, 0.3) is 0 Å². The molecule has 10 heteroatoms. The summed E-state index contributed by atoms with van der Waals surface area (Å²) in [5, 5.41) is 5.84. The third kappa shape index (κ3) is 4.94. The molecule has 0 aliphatic carbocycles. The Morgan fingerprint density at radius 1 is 1.24 bits per heavy atom. The van der Waals surface area contributed by atoms with E-state index in [0.717, 1.165) is 0 Å². The molecule has 0 saturated carbocycles. The van der Waals surface area contributed by atoms with Gasteiger partial charge in [0.05, 0.1) is 17.3 Å². The van der Waals surface area contributed by atoms with E-state index in [4.69, 9.17) is 23.2 Å². The van der Waals surface area contributed by atoms with Crippen LogP contribution in [-0.4, -0.2) is 36.7 Å². The van der Waals surface area contributed by atoms with Crippen molar-refractivity contribution in [2.45, 2.75) is 25.7 Å². The molecule has 0 fully saturated rings. The van der Waals surface area contributed by atoms with E-state index in [1.165, 1.54) is 28.3 Å². The molecule has 2 aromatic carbocycles. The Morgan fingerprint density at radius 3 is 2.52 bits per heavy atom. The predicted molar refractivity (Wildman–Crippen MR) is 106 cm³/mol. The Balaban J connectivity index is 1.85. The van der Waals surface area contributed by atoms with Gasteiger partial charge < -0.3 is 4.74 Å². The van der Waals surface area contributed by atoms with Crippen molar-refractivity contribution in [3.63, 3.8) is 0 Å². The second kappa shape index (κ2) is 8.12. The summed E-state index contributed by atoms with van der Waals surface area (Å²) in [4.78, 5) is 14.3. The number of urea groups is 1. The molecule has 1 unspecified atom stereocenters. The second-order valence-corrected chi connectivity index (χ2v) is 7.33. The zero-order valence-corrected chi connectivity index (χ0v) is 16.9. The largest absolute Gasteiger partial charge is 0.573 e. The number of fused-ring (bicyclic) bond motifs is 1. The minimum Gasteiger partial charge on any atom is -0.404 e. The quantitative estimate of drug-likeness (QED) is 0.592. The van der Waals surface area contributed by atoms with Crippen molar-refractivity contribution in [1.82, 2.24) is 5.01 Å². The van der Waals surface area contributed by atoms with Crippen LogP contribution in [0.25, 0.3) is 0 Å². The van der Waals surface area contributed by atoms with Crippen molar-refractivity contribution in [1.29, 1.82) is 0 Å². The molecule has 1 atom stereocenters. The monoisotopic (exact) mass is 445 g/mol. The molecule has 29 heavy (non-hydrogen) atoms. The highest BCUT2D eigenvalue weighted by Gasteiger charge is 2.33. The molecule has 2 aromatic rings. The van der Waals surface area contributed by atoms with Gasteiger partial charge in [0.15, 0.2) is 0 Å². The van der Waals surface area contributed by atoms with Gasteiger partial charge in [-0.2, -0.15) is 5.10 Å². The van der Waals surface area contributed by atoms with E-state index < -0.39 is 24.2 Å². The maximum Gasteiger partial charge on any atom is 0.573 e. The Morgan fingerprint density at radius 2 is 1.90 bits per heavy atom. The van der Waals surface area contributed by atoms with Gasteiger partial charge in [-0.15, -0.1) is 13.2 Å². The van der Waals surface area contributed by atoms with E-state index in [9.17, 15) is 18.0 Å². The van der Waals surface area contributed by atoms with E-state index in [0.29, 0.717) is 21.8 Å². The van der Waals surface area contributed by atoms with Crippen LogP contribution >= 0.6 is 23.2 Å². The summed E-state index contributed by atoms with van der Waals surface area (Å²) < 4.78 is 41.7. The lowest BCUT2D eigenvalue weighted by atomic mass is 10.0. The molecule has 0 aromatic heterocycles. The second-order valence-electron chi connectivity index (χ2n) is 6.49. The number of anilines is 1. The zero-order valence-electron chi connectivity index (χ0n) is 15.4. The standard InChI is InChI=1S/C19H16Cl2F3N3O2/c1-11-7-12-9-17(29-19(22,23)24)16(21)8-13(12)10-25-27(11)18(28)26(2)15-5-3-14(20)4-6-15/h3-6,8-11H,7H2,1-2H3. The fraction of sp³-hybridized carbons (Fsp3) is 0.263. The summed E-state index contributed by atoms with van der Waals surface area (Å²) in [5.41, 5.74) is 1.67. The number of hydrogen-bond donors (Lipinski definition) is 0. The average Bonchev–Trinajstić information content (AvgIpc) is 2.78. The van der Waals surface area contributed by atoms with Crippen LogP contribution in [0.4, 0.5) is 23.7 Å². The highest BCUT2D eigenvalue weighted by Crippen LogP contribution is 2.34. The van der Waals surface area contributed by atoms with Crippen molar-refractivity contribution in [2.75, 3.05) is 11.9 Å². The van der Waals surface area contributed by atoms with Gasteiger partial charge in [-0.3, -0.25) is 4.90 Å². The van der Waals surface area contributed by atoms with Crippen LogP contribution in [0.5, 0.6) is 5.75 Å². The van der Waals surface area contributed by atoms with E-state index in [2.05, 4.69) is 9.84 Å². The number of nitrogens with zero attached hydrogens (tertiary/aromatic N) is 3. The van der Waals surface area contributed by atoms with Crippen LogP contribution in [0.15, 0.2) is 41.5 Å². The molecule has 0 N–H and O–H groups in total. The first-order chi connectivity index (χ1) is 13.5. The van der Waals surface area contributed by atoms with Crippen LogP contribution in [0.1, 0.15) is 18.1 Å². The first-order valence-electron chi connectivity index (χ1n) is 8.50. The van der Waals surface area contributed by atoms with Crippen molar-refractivity contribution in [3.05, 3.63) is 57.6 Å². The molecule has 1 aliphatic rings. The molecular formula is C19H16Cl2F3N3O2. The molecule has 1 heterocycles. The van der Waals surface area contributed by atoms with Crippen molar-refractivity contribution < 1.29 is 22.7 Å². The fourth-order valence-corrected chi connectivity index (χ4v) is 3.26. The molecule has 3 rings (SSSR count). The number of carbonyl (C=O) groups excluding carboxylic acids is 1. The molecule has 1 aliphatic heterocycles. The zero-order chi connectivity index (χ0) is 21.3. The number of alkyl halides is 3. The number of hydrogen-bond acceptors (Lipinski definition) is 3. The lowest BCUT2D eigenvalue weighted by Gasteiger charge is -2.28. The third-order valence-corrected chi connectivity index (χ3v) is 4.92. The van der Waals surface area contributed by atoms with Crippen molar-refractivity contribution in [2.24, 2.45) is 5.10 Å². The molecule has 0 saturated heterocycles. The van der Waals surface area contributed by atoms with Gasteiger partial charge in [0, 0.05) is 17.8 Å². The molecular weight excluding hydrogens is 430 g/mol. The summed E-state index contributed by atoms with van der Waals surface area (Å²) in [7, 11) is 1.60. The maximum absolute atomic E-state index is 12.9. The number of benzene rings is 2. The van der Waals surface area contributed by atoms with Gasteiger partial charge in [0.2, 0.25) is 0 Å². The van der Waals surface area contributed by atoms with E-state index >= 15 is 0 Å². The smallest absolute Gasteiger partial charge is 0.404 e. The number of amides is 2. The number of carbonyl (C=O) groups is 1. The summed E-state index contributed by atoms with van der Waals surface area (Å²) in [5.74, 6) is -0.489. The summed E-state index contributed by atoms with van der Waals surface area (Å²) in [6.45, 7) is 1.75. The van der Waals surface area contributed by atoms with E-state index in [1.807, 2.05) is 0 Å². The average molecular weight is 446 g/mol. The third-order valence-electron chi connectivity index (χ3n) is 4.37. The number of rotatable bonds is 2. The highest BCUT2D eigenvalue weighted by atomic mass is 35.5. The molecule has 154 valence electrons. The van der Waals surface area contributed by atoms with E-state index in [-0.39, 0.29) is 11.4 Å². The molecule has 2 amide bonds. The lowest BCUT2D eigenvalue weighted by Crippen LogP contribution is -2.43. The van der Waals surface area contributed by atoms with Gasteiger partial charge >= 0.3 is 12.4 Å². The molecule has 5 nitrogen and oxygen atoms in total. The maximum atomic E-state index is 12.9. The molecule has 0 spiro atoms. The highest BCUT2D eigenvalue weighted by molar-refractivity contribution is 6.32. The Hall–Kier alpha value is -2.45. The number of hydrazone groups is 1. The predicted octanol–water partition coefficient (Wildman–Crippen LogP) is 5.73. The SMILES string of the molecule is CC1Cc2cc(OC(F)(F)F)c(Cl)cc2C=NN1C(=O)N(C)c1ccc(Cl)cc1. The molecule has 0 bridgehead atoms. The van der Waals surface area contributed by atoms with Gasteiger partial charge in [-0.1, -0.05) is 23.2 Å². The molecule has 0 radical (unpaired) electrons. The topological polar surface area (TPSA) is 45.1 Å². The van der Waals surface area contributed by atoms with Gasteiger partial charge in [-0.25, -0.2) is 9.80 Å². The summed E-state index contributed by atoms with van der Waals surface area (Å²) in [6.07, 6.45) is -3.19. The minimum absolute atomic E-state index is 0.196. The number of ether oxygens (including phenoxy) is 1. The van der Waals surface area contributed by atoms with Crippen molar-refractivity contribution >= 4 is 41.1 Å². The van der Waals surface area contributed by atoms with Crippen LogP contribution in [-0.2, 0) is 6.42 Å². The normalized spacial score (nSPS) is 16.2. The lowest BCUT2D eigenvalue weighted by molar-refractivity contribution is -0.274. The van der Waals surface area contributed by atoms with Gasteiger partial charge in [-0.05, 0) is 60.9 Å². The van der Waals surface area contributed by atoms with Crippen LogP contribution in [0, 0.1) is 0 Å². The first-order valence-corrected chi connectivity index (χ1v) is 9.25.